The van der Waals surface area contributed by atoms with Crippen LogP contribution in [0.5, 0.6) is 5.75 Å². The van der Waals surface area contributed by atoms with E-state index in [2.05, 4.69) is 27.4 Å². The van der Waals surface area contributed by atoms with Gasteiger partial charge in [0.1, 0.15) is 5.75 Å². The van der Waals surface area contributed by atoms with Crippen molar-refractivity contribution in [1.29, 1.82) is 0 Å². The number of aromatic nitrogens is 4. The first kappa shape index (κ1) is 24.7. The molecule has 1 N–H and O–H groups in total. The SMILES string of the molecule is CCCCOc1ccc(-c2nnc(SCC(=O)Nc3nc(CC(=O)OCC)cs3)n2C)cc1. The molecule has 0 unspecified atom stereocenters. The fraction of sp³-hybridized carbons (Fsp3) is 0.409. The zero-order valence-corrected chi connectivity index (χ0v) is 20.5. The molecular formula is C22H27N5O4S2. The van der Waals surface area contributed by atoms with Crippen molar-refractivity contribution in [1.82, 2.24) is 19.7 Å². The number of nitrogens with one attached hydrogen (secondary N) is 1. The molecule has 0 spiro atoms. The molecule has 0 atom stereocenters. The molecule has 0 saturated heterocycles. The fourth-order valence-electron chi connectivity index (χ4n) is 2.82. The first-order valence-corrected chi connectivity index (χ1v) is 12.5. The molecule has 2 aromatic heterocycles. The Hall–Kier alpha value is -2.92. The van der Waals surface area contributed by atoms with E-state index in [-0.39, 0.29) is 24.1 Å². The van der Waals surface area contributed by atoms with Gasteiger partial charge in [-0.25, -0.2) is 4.98 Å². The van der Waals surface area contributed by atoms with Crippen LogP contribution in [0.1, 0.15) is 32.4 Å². The summed E-state index contributed by atoms with van der Waals surface area (Å²) in [5.41, 5.74) is 1.49. The highest BCUT2D eigenvalue weighted by Gasteiger charge is 2.15. The molecule has 1 amide bonds. The van der Waals surface area contributed by atoms with Gasteiger partial charge in [0.15, 0.2) is 16.1 Å². The summed E-state index contributed by atoms with van der Waals surface area (Å²) in [5.74, 6) is 1.14. The Morgan fingerprint density at radius 2 is 1.97 bits per heavy atom. The Labute approximate surface area is 200 Å². The van der Waals surface area contributed by atoms with Crippen LogP contribution in [0.25, 0.3) is 11.4 Å². The topological polar surface area (TPSA) is 108 Å². The number of anilines is 1. The van der Waals surface area contributed by atoms with Gasteiger partial charge in [-0.3, -0.25) is 9.59 Å². The van der Waals surface area contributed by atoms with E-state index in [0.29, 0.717) is 35.0 Å². The number of carbonyl (C=O) groups is 2. The third-order valence-electron chi connectivity index (χ3n) is 4.48. The van der Waals surface area contributed by atoms with Gasteiger partial charge >= 0.3 is 5.97 Å². The Morgan fingerprint density at radius 1 is 1.18 bits per heavy atom. The molecule has 0 aliphatic carbocycles. The summed E-state index contributed by atoms with van der Waals surface area (Å²) in [6, 6.07) is 7.74. The van der Waals surface area contributed by atoms with Crippen LogP contribution < -0.4 is 10.1 Å². The molecule has 1 aromatic carbocycles. The lowest BCUT2D eigenvalue weighted by Crippen LogP contribution is -2.14. The molecule has 2 heterocycles. The quantitative estimate of drug-likeness (QED) is 0.231. The van der Waals surface area contributed by atoms with Crippen molar-refractivity contribution in [2.75, 3.05) is 24.3 Å². The number of hydrogen-bond acceptors (Lipinski definition) is 9. The number of thioether (sulfide) groups is 1. The molecule has 176 valence electrons. The van der Waals surface area contributed by atoms with Gasteiger partial charge in [-0.15, -0.1) is 21.5 Å². The standard InChI is InChI=1S/C22H27N5O4S2/c1-4-6-11-31-17-9-7-15(8-10-17)20-25-26-22(27(20)3)33-14-18(28)24-21-23-16(13-32-21)12-19(29)30-5-2/h7-10,13H,4-6,11-12,14H2,1-3H3,(H,23,24,28). The highest BCUT2D eigenvalue weighted by Crippen LogP contribution is 2.25. The van der Waals surface area contributed by atoms with E-state index in [1.807, 2.05) is 35.9 Å². The smallest absolute Gasteiger partial charge is 0.311 e. The van der Waals surface area contributed by atoms with Gasteiger partial charge in [-0.2, -0.15) is 0 Å². The molecule has 0 aliphatic heterocycles. The number of hydrogen-bond donors (Lipinski definition) is 1. The zero-order chi connectivity index (χ0) is 23.6. The van der Waals surface area contributed by atoms with Crippen molar-refractivity contribution in [2.24, 2.45) is 7.05 Å². The van der Waals surface area contributed by atoms with Gasteiger partial charge in [-0.1, -0.05) is 25.1 Å². The lowest BCUT2D eigenvalue weighted by atomic mass is 10.2. The van der Waals surface area contributed by atoms with Crippen LogP contribution >= 0.6 is 23.1 Å². The minimum Gasteiger partial charge on any atom is -0.494 e. The predicted molar refractivity (Wildman–Crippen MR) is 129 cm³/mol. The number of ether oxygens (including phenoxy) is 2. The third kappa shape index (κ3) is 7.29. The van der Waals surface area contributed by atoms with Crippen LogP contribution in [0.15, 0.2) is 34.8 Å². The normalized spacial score (nSPS) is 10.8. The Morgan fingerprint density at radius 3 is 2.70 bits per heavy atom. The van der Waals surface area contributed by atoms with E-state index in [1.165, 1.54) is 23.1 Å². The van der Waals surface area contributed by atoms with Crippen molar-refractivity contribution in [2.45, 2.75) is 38.3 Å². The Balaban J connectivity index is 1.51. The first-order chi connectivity index (χ1) is 16.0. The van der Waals surface area contributed by atoms with Crippen molar-refractivity contribution >= 4 is 40.1 Å². The molecule has 0 aliphatic rings. The molecule has 33 heavy (non-hydrogen) atoms. The van der Waals surface area contributed by atoms with E-state index in [1.54, 1.807) is 12.3 Å². The van der Waals surface area contributed by atoms with Crippen LogP contribution in [-0.2, 0) is 27.8 Å². The highest BCUT2D eigenvalue weighted by molar-refractivity contribution is 7.99. The Kier molecular flexibility index (Phi) is 9.25. The number of benzene rings is 1. The number of amides is 1. The van der Waals surface area contributed by atoms with Gasteiger partial charge in [0.05, 0.1) is 31.1 Å². The molecule has 3 aromatic rings. The monoisotopic (exact) mass is 489 g/mol. The number of unbranched alkanes of at least 4 members (excludes halogenated alkanes) is 1. The van der Waals surface area contributed by atoms with Crippen molar-refractivity contribution in [3.05, 3.63) is 35.3 Å². The van der Waals surface area contributed by atoms with Crippen LogP contribution in [0.2, 0.25) is 0 Å². The lowest BCUT2D eigenvalue weighted by molar-refractivity contribution is -0.142. The molecule has 0 fully saturated rings. The maximum atomic E-state index is 12.3. The second-order valence-electron chi connectivity index (χ2n) is 7.05. The zero-order valence-electron chi connectivity index (χ0n) is 18.9. The van der Waals surface area contributed by atoms with Crippen molar-refractivity contribution in [3.8, 4) is 17.1 Å². The van der Waals surface area contributed by atoms with Gasteiger partial charge in [-0.05, 0) is 37.6 Å². The average molecular weight is 490 g/mol. The van der Waals surface area contributed by atoms with E-state index >= 15 is 0 Å². The molecule has 11 heteroatoms. The number of thiazole rings is 1. The summed E-state index contributed by atoms with van der Waals surface area (Å²) in [4.78, 5) is 28.1. The average Bonchev–Trinajstić information content (AvgIpc) is 3.39. The molecule has 0 bridgehead atoms. The van der Waals surface area contributed by atoms with Crippen LogP contribution in [0.3, 0.4) is 0 Å². The van der Waals surface area contributed by atoms with Gasteiger partial charge in [0.2, 0.25) is 5.91 Å². The number of carbonyl (C=O) groups excluding carboxylic acids is 2. The fourth-order valence-corrected chi connectivity index (χ4v) is 4.25. The maximum Gasteiger partial charge on any atom is 0.311 e. The molecule has 3 rings (SSSR count). The molecule has 0 radical (unpaired) electrons. The van der Waals surface area contributed by atoms with Gasteiger partial charge < -0.3 is 19.4 Å². The third-order valence-corrected chi connectivity index (χ3v) is 6.30. The van der Waals surface area contributed by atoms with Crippen molar-refractivity contribution < 1.29 is 19.1 Å². The van der Waals surface area contributed by atoms with E-state index in [9.17, 15) is 9.59 Å². The Bertz CT molecular complexity index is 1070. The number of nitrogens with zero attached hydrogens (tertiary/aromatic N) is 4. The second kappa shape index (κ2) is 12.4. The summed E-state index contributed by atoms with van der Waals surface area (Å²) in [5, 5.41) is 14.0. The predicted octanol–water partition coefficient (Wildman–Crippen LogP) is 3.95. The summed E-state index contributed by atoms with van der Waals surface area (Å²) in [6.45, 7) is 4.91. The maximum absolute atomic E-state index is 12.3. The summed E-state index contributed by atoms with van der Waals surface area (Å²) in [6.07, 6.45) is 2.20. The van der Waals surface area contributed by atoms with E-state index in [0.717, 1.165) is 24.2 Å². The minimum absolute atomic E-state index is 0.0858. The molecule has 0 saturated carbocycles. The van der Waals surface area contributed by atoms with Gasteiger partial charge in [0.25, 0.3) is 0 Å². The van der Waals surface area contributed by atoms with Crippen LogP contribution in [0.4, 0.5) is 5.13 Å². The van der Waals surface area contributed by atoms with Crippen LogP contribution in [-0.4, -0.2) is 50.6 Å². The highest BCUT2D eigenvalue weighted by atomic mass is 32.2. The first-order valence-electron chi connectivity index (χ1n) is 10.7. The summed E-state index contributed by atoms with van der Waals surface area (Å²) in [7, 11) is 1.86. The van der Waals surface area contributed by atoms with Gasteiger partial charge in [0, 0.05) is 18.0 Å². The largest absolute Gasteiger partial charge is 0.494 e. The summed E-state index contributed by atoms with van der Waals surface area (Å²) < 4.78 is 12.5. The van der Waals surface area contributed by atoms with Crippen molar-refractivity contribution in [3.63, 3.8) is 0 Å². The second-order valence-corrected chi connectivity index (χ2v) is 8.85. The van der Waals surface area contributed by atoms with E-state index < -0.39 is 0 Å². The number of esters is 1. The van der Waals surface area contributed by atoms with E-state index in [4.69, 9.17) is 9.47 Å². The van der Waals surface area contributed by atoms with Crippen LogP contribution in [0, 0.1) is 0 Å². The minimum atomic E-state index is -0.340. The molecule has 9 nitrogen and oxygen atoms in total. The molecular weight excluding hydrogens is 462 g/mol. The number of rotatable bonds is 12. The summed E-state index contributed by atoms with van der Waals surface area (Å²) >= 11 is 2.55. The lowest BCUT2D eigenvalue weighted by Gasteiger charge is -2.07.